The van der Waals surface area contributed by atoms with Gasteiger partial charge in [0.2, 0.25) is 0 Å². The van der Waals surface area contributed by atoms with E-state index in [4.69, 9.17) is 9.84 Å². The predicted octanol–water partition coefficient (Wildman–Crippen LogP) is -0.292. The van der Waals surface area contributed by atoms with Crippen molar-refractivity contribution < 1.29 is 33.8 Å². The average molecular weight is 289 g/mol. The van der Waals surface area contributed by atoms with E-state index in [1.807, 2.05) is 0 Å². The summed E-state index contributed by atoms with van der Waals surface area (Å²) in [4.78, 5) is 44.3. The van der Waals surface area contributed by atoms with E-state index in [1.54, 1.807) is 6.92 Å². The second kappa shape index (κ2) is 8.89. The maximum absolute atomic E-state index is 11.4. The molecule has 114 valence electrons. The predicted molar refractivity (Wildman–Crippen MR) is 66.6 cm³/mol. The minimum absolute atomic E-state index is 0.111. The molecule has 2 N–H and O–H groups in total. The van der Waals surface area contributed by atoms with Crippen LogP contribution >= 0.6 is 0 Å². The topological polar surface area (TPSA) is 119 Å². The van der Waals surface area contributed by atoms with Crippen molar-refractivity contribution in [2.75, 3.05) is 13.2 Å². The van der Waals surface area contributed by atoms with Crippen molar-refractivity contribution in [1.82, 2.24) is 5.32 Å². The van der Waals surface area contributed by atoms with Crippen LogP contribution in [0, 0.1) is 5.92 Å². The fraction of sp³-hybridized carbons (Fsp3) is 0.667. The van der Waals surface area contributed by atoms with Crippen LogP contribution in [0.1, 0.15) is 27.2 Å². The van der Waals surface area contributed by atoms with Crippen molar-refractivity contribution in [3.63, 3.8) is 0 Å². The number of hydrogen-bond acceptors (Lipinski definition) is 6. The number of aliphatic carboxylic acids is 1. The van der Waals surface area contributed by atoms with Gasteiger partial charge in [-0.05, 0) is 13.3 Å². The molecule has 1 amide bonds. The molecular formula is C12H19NO7. The fourth-order valence-electron chi connectivity index (χ4n) is 1.36. The lowest BCUT2D eigenvalue weighted by atomic mass is 10.0. The van der Waals surface area contributed by atoms with Crippen LogP contribution in [0.5, 0.6) is 0 Å². The van der Waals surface area contributed by atoms with Crippen molar-refractivity contribution >= 4 is 23.8 Å². The molecule has 0 aromatic heterocycles. The SMILES string of the molecule is CCOC(=O)[C@@H](C)C[C@@H](NC(=O)COC(C)=O)C(=O)O. The maximum Gasteiger partial charge on any atom is 0.326 e. The lowest BCUT2D eigenvalue weighted by molar-refractivity contribution is -0.150. The molecule has 0 saturated heterocycles. The van der Waals surface area contributed by atoms with Gasteiger partial charge >= 0.3 is 17.9 Å². The number of nitrogens with one attached hydrogen (secondary N) is 1. The van der Waals surface area contributed by atoms with Gasteiger partial charge in [0.25, 0.3) is 5.91 Å². The fourth-order valence-corrected chi connectivity index (χ4v) is 1.36. The van der Waals surface area contributed by atoms with E-state index in [9.17, 15) is 19.2 Å². The van der Waals surface area contributed by atoms with Gasteiger partial charge in [-0.1, -0.05) is 6.92 Å². The highest BCUT2D eigenvalue weighted by molar-refractivity contribution is 5.85. The summed E-state index contributed by atoms with van der Waals surface area (Å²) >= 11 is 0. The van der Waals surface area contributed by atoms with Crippen molar-refractivity contribution in [2.45, 2.75) is 33.2 Å². The number of hydrogen-bond donors (Lipinski definition) is 2. The zero-order valence-corrected chi connectivity index (χ0v) is 11.7. The highest BCUT2D eigenvalue weighted by Gasteiger charge is 2.26. The summed E-state index contributed by atoms with van der Waals surface area (Å²) in [7, 11) is 0. The molecule has 0 bridgehead atoms. The molecule has 0 radical (unpaired) electrons. The van der Waals surface area contributed by atoms with Crippen LogP contribution in [0.4, 0.5) is 0 Å². The highest BCUT2D eigenvalue weighted by Crippen LogP contribution is 2.09. The Morgan fingerprint density at radius 1 is 1.20 bits per heavy atom. The second-order valence-corrected chi connectivity index (χ2v) is 4.13. The van der Waals surface area contributed by atoms with Gasteiger partial charge in [0.15, 0.2) is 6.61 Å². The minimum atomic E-state index is -1.28. The lowest BCUT2D eigenvalue weighted by Crippen LogP contribution is -2.44. The Morgan fingerprint density at radius 2 is 1.80 bits per heavy atom. The molecule has 0 heterocycles. The smallest absolute Gasteiger partial charge is 0.326 e. The Bertz CT molecular complexity index is 380. The van der Waals surface area contributed by atoms with Crippen LogP contribution in [0.25, 0.3) is 0 Å². The number of carboxylic acid groups (broad SMARTS) is 1. The third kappa shape index (κ3) is 7.34. The Kier molecular flexibility index (Phi) is 7.95. The number of esters is 2. The van der Waals surface area contributed by atoms with Crippen molar-refractivity contribution in [3.8, 4) is 0 Å². The Balaban J connectivity index is 4.43. The third-order valence-corrected chi connectivity index (χ3v) is 2.32. The Hall–Kier alpha value is -2.12. The molecule has 0 unspecified atom stereocenters. The normalized spacial score (nSPS) is 12.9. The molecule has 0 spiro atoms. The summed E-state index contributed by atoms with van der Waals surface area (Å²) in [6, 6.07) is -1.25. The number of amides is 1. The number of carbonyl (C=O) groups is 4. The van der Waals surface area contributed by atoms with E-state index in [0.717, 1.165) is 6.92 Å². The van der Waals surface area contributed by atoms with E-state index in [0.29, 0.717) is 0 Å². The van der Waals surface area contributed by atoms with E-state index in [-0.39, 0.29) is 13.0 Å². The van der Waals surface area contributed by atoms with Gasteiger partial charge in [0.05, 0.1) is 12.5 Å². The first-order valence-corrected chi connectivity index (χ1v) is 6.10. The summed E-state index contributed by atoms with van der Waals surface area (Å²) in [6.45, 7) is 3.91. The van der Waals surface area contributed by atoms with E-state index < -0.39 is 42.4 Å². The molecule has 0 aliphatic rings. The first-order valence-electron chi connectivity index (χ1n) is 6.10. The maximum atomic E-state index is 11.4. The van der Waals surface area contributed by atoms with Crippen LogP contribution in [-0.4, -0.2) is 48.2 Å². The van der Waals surface area contributed by atoms with Crippen LogP contribution < -0.4 is 5.32 Å². The zero-order chi connectivity index (χ0) is 15.7. The van der Waals surface area contributed by atoms with Crippen molar-refractivity contribution in [1.29, 1.82) is 0 Å². The molecule has 0 saturated carbocycles. The molecule has 8 nitrogen and oxygen atoms in total. The zero-order valence-electron chi connectivity index (χ0n) is 11.7. The lowest BCUT2D eigenvalue weighted by Gasteiger charge is -2.17. The largest absolute Gasteiger partial charge is 0.480 e. The number of ether oxygens (including phenoxy) is 2. The van der Waals surface area contributed by atoms with Crippen molar-refractivity contribution in [3.05, 3.63) is 0 Å². The highest BCUT2D eigenvalue weighted by atomic mass is 16.5. The van der Waals surface area contributed by atoms with Gasteiger partial charge < -0.3 is 19.9 Å². The molecule has 2 atom stereocenters. The van der Waals surface area contributed by atoms with E-state index in [2.05, 4.69) is 10.1 Å². The Labute approximate surface area is 116 Å². The molecule has 0 rings (SSSR count). The molecule has 20 heavy (non-hydrogen) atoms. The summed E-state index contributed by atoms with van der Waals surface area (Å²) in [5, 5.41) is 11.2. The molecule has 0 aromatic carbocycles. The Morgan fingerprint density at radius 3 is 2.25 bits per heavy atom. The third-order valence-electron chi connectivity index (χ3n) is 2.32. The van der Waals surface area contributed by atoms with Crippen molar-refractivity contribution in [2.24, 2.45) is 5.92 Å². The summed E-state index contributed by atoms with van der Waals surface area (Å²) in [6.07, 6.45) is -0.111. The number of carbonyl (C=O) groups excluding carboxylic acids is 3. The molecule has 0 fully saturated rings. The first kappa shape index (κ1) is 17.9. The van der Waals surface area contributed by atoms with Gasteiger partial charge in [-0.25, -0.2) is 4.79 Å². The van der Waals surface area contributed by atoms with Crippen LogP contribution in [0.3, 0.4) is 0 Å². The molecule has 0 aliphatic heterocycles. The van der Waals surface area contributed by atoms with E-state index in [1.165, 1.54) is 6.92 Å². The first-order chi connectivity index (χ1) is 9.27. The standard InChI is InChI=1S/C12H19NO7/c1-4-19-12(18)7(2)5-9(11(16)17)13-10(15)6-20-8(3)14/h7,9H,4-6H2,1-3H3,(H,13,15)(H,16,17)/t7-,9+/m0/s1. The monoisotopic (exact) mass is 289 g/mol. The number of carboxylic acids is 1. The summed E-state index contributed by atoms with van der Waals surface area (Å²) < 4.78 is 9.19. The van der Waals surface area contributed by atoms with E-state index >= 15 is 0 Å². The second-order valence-electron chi connectivity index (χ2n) is 4.13. The summed E-state index contributed by atoms with van der Waals surface area (Å²) in [5.41, 5.74) is 0. The van der Waals surface area contributed by atoms with Gasteiger partial charge in [-0.3, -0.25) is 14.4 Å². The molecular weight excluding hydrogens is 270 g/mol. The van der Waals surface area contributed by atoms with Crippen LogP contribution in [-0.2, 0) is 28.7 Å². The molecule has 8 heteroatoms. The van der Waals surface area contributed by atoms with Crippen LogP contribution in [0.2, 0.25) is 0 Å². The van der Waals surface area contributed by atoms with Crippen LogP contribution in [0.15, 0.2) is 0 Å². The van der Waals surface area contributed by atoms with Gasteiger partial charge in [0.1, 0.15) is 6.04 Å². The number of rotatable bonds is 8. The average Bonchev–Trinajstić information content (AvgIpc) is 2.35. The quantitative estimate of drug-likeness (QED) is 0.589. The van der Waals surface area contributed by atoms with Gasteiger partial charge in [0, 0.05) is 6.92 Å². The molecule has 0 aromatic rings. The molecule has 0 aliphatic carbocycles. The summed E-state index contributed by atoms with van der Waals surface area (Å²) in [5.74, 6) is -3.88. The van der Waals surface area contributed by atoms with Gasteiger partial charge in [-0.2, -0.15) is 0 Å². The minimum Gasteiger partial charge on any atom is -0.480 e. The van der Waals surface area contributed by atoms with Gasteiger partial charge in [-0.15, -0.1) is 0 Å².